The van der Waals surface area contributed by atoms with Gasteiger partial charge in [-0.15, -0.1) is 0 Å². The second-order valence-corrected chi connectivity index (χ2v) is 7.27. The van der Waals surface area contributed by atoms with E-state index in [0.29, 0.717) is 10.8 Å². The van der Waals surface area contributed by atoms with E-state index in [0.717, 1.165) is 18.0 Å². The van der Waals surface area contributed by atoms with Gasteiger partial charge in [-0.2, -0.15) is 11.8 Å². The highest BCUT2D eigenvalue weighted by atomic mass is 35.5. The van der Waals surface area contributed by atoms with Crippen LogP contribution in [0, 0.1) is 0 Å². The van der Waals surface area contributed by atoms with Crippen molar-refractivity contribution >= 4 is 23.4 Å². The zero-order chi connectivity index (χ0) is 13.0. The highest BCUT2D eigenvalue weighted by molar-refractivity contribution is 8.00. The van der Waals surface area contributed by atoms with Gasteiger partial charge in [-0.3, -0.25) is 0 Å². The molecule has 1 aliphatic heterocycles. The van der Waals surface area contributed by atoms with Crippen molar-refractivity contribution in [1.82, 2.24) is 5.32 Å². The highest BCUT2D eigenvalue weighted by Crippen LogP contribution is 2.41. The molecule has 0 aliphatic carbocycles. The van der Waals surface area contributed by atoms with E-state index in [9.17, 15) is 0 Å². The lowest BCUT2D eigenvalue weighted by atomic mass is 9.91. The second-order valence-electron chi connectivity index (χ2n) is 5.21. The standard InChI is InChI=1S/C15H22ClNS/c1-3-17-14(15(2)9-4-10-18-15)11-12-5-7-13(16)8-6-12/h5-8,14,17H,3-4,9-11H2,1-2H3. The van der Waals surface area contributed by atoms with Crippen molar-refractivity contribution in [3.05, 3.63) is 34.9 Å². The van der Waals surface area contributed by atoms with Gasteiger partial charge in [-0.05, 0) is 56.2 Å². The first-order chi connectivity index (χ1) is 8.64. The van der Waals surface area contributed by atoms with Crippen molar-refractivity contribution in [2.75, 3.05) is 12.3 Å². The Balaban J connectivity index is 2.08. The summed E-state index contributed by atoms with van der Waals surface area (Å²) >= 11 is 8.07. The Bertz CT molecular complexity index is 371. The summed E-state index contributed by atoms with van der Waals surface area (Å²) in [4.78, 5) is 0. The number of halogens is 1. The Morgan fingerprint density at radius 3 is 2.67 bits per heavy atom. The van der Waals surface area contributed by atoms with E-state index in [1.807, 2.05) is 12.1 Å². The Kier molecular flexibility index (Phi) is 4.99. The molecule has 2 rings (SSSR count). The number of benzene rings is 1. The normalized spacial score (nSPS) is 25.3. The predicted molar refractivity (Wildman–Crippen MR) is 82.7 cm³/mol. The van der Waals surface area contributed by atoms with E-state index in [-0.39, 0.29) is 0 Å². The molecule has 1 nitrogen and oxygen atoms in total. The van der Waals surface area contributed by atoms with Crippen molar-refractivity contribution < 1.29 is 0 Å². The molecule has 1 aromatic rings. The summed E-state index contributed by atoms with van der Waals surface area (Å²) in [5.74, 6) is 1.30. The minimum absolute atomic E-state index is 0.385. The van der Waals surface area contributed by atoms with Gasteiger partial charge in [0.25, 0.3) is 0 Å². The van der Waals surface area contributed by atoms with Gasteiger partial charge in [0.1, 0.15) is 0 Å². The predicted octanol–water partition coefficient (Wildman–Crippen LogP) is 4.15. The average molecular weight is 284 g/mol. The van der Waals surface area contributed by atoms with Crippen LogP contribution in [-0.2, 0) is 6.42 Å². The van der Waals surface area contributed by atoms with Gasteiger partial charge >= 0.3 is 0 Å². The van der Waals surface area contributed by atoms with E-state index in [4.69, 9.17) is 11.6 Å². The highest BCUT2D eigenvalue weighted by Gasteiger charge is 2.37. The molecule has 2 atom stereocenters. The molecule has 1 N–H and O–H groups in total. The first kappa shape index (κ1) is 14.2. The maximum absolute atomic E-state index is 5.94. The molecule has 1 aromatic carbocycles. The molecule has 1 aliphatic rings. The molecule has 0 bridgehead atoms. The lowest BCUT2D eigenvalue weighted by Gasteiger charge is -2.34. The fraction of sp³-hybridized carbons (Fsp3) is 0.600. The van der Waals surface area contributed by atoms with Crippen LogP contribution in [0.15, 0.2) is 24.3 Å². The third kappa shape index (κ3) is 3.43. The Labute approximate surface area is 120 Å². The largest absolute Gasteiger partial charge is 0.313 e. The van der Waals surface area contributed by atoms with Crippen LogP contribution in [0.5, 0.6) is 0 Å². The quantitative estimate of drug-likeness (QED) is 0.871. The summed E-state index contributed by atoms with van der Waals surface area (Å²) in [5, 5.41) is 4.49. The topological polar surface area (TPSA) is 12.0 Å². The summed E-state index contributed by atoms with van der Waals surface area (Å²) in [6.45, 7) is 5.64. The third-order valence-electron chi connectivity index (χ3n) is 3.79. The minimum atomic E-state index is 0.385. The number of likely N-dealkylation sites (N-methyl/N-ethyl adjacent to an activating group) is 1. The minimum Gasteiger partial charge on any atom is -0.313 e. The van der Waals surface area contributed by atoms with Crippen molar-refractivity contribution in [3.8, 4) is 0 Å². The van der Waals surface area contributed by atoms with Gasteiger partial charge < -0.3 is 5.32 Å². The van der Waals surface area contributed by atoms with Crippen LogP contribution in [0.3, 0.4) is 0 Å². The van der Waals surface area contributed by atoms with E-state index in [2.05, 4.69) is 43.1 Å². The van der Waals surface area contributed by atoms with Gasteiger partial charge in [0, 0.05) is 15.8 Å². The molecular formula is C15H22ClNS. The molecule has 3 heteroatoms. The van der Waals surface area contributed by atoms with Gasteiger partial charge in [-0.25, -0.2) is 0 Å². The van der Waals surface area contributed by atoms with E-state index in [1.165, 1.54) is 24.2 Å². The van der Waals surface area contributed by atoms with E-state index < -0.39 is 0 Å². The van der Waals surface area contributed by atoms with E-state index >= 15 is 0 Å². The summed E-state index contributed by atoms with van der Waals surface area (Å²) in [6, 6.07) is 8.83. The molecular weight excluding hydrogens is 262 g/mol. The Hall–Kier alpha value is -0.180. The van der Waals surface area contributed by atoms with Gasteiger partial charge in [0.05, 0.1) is 0 Å². The number of rotatable bonds is 5. The summed E-state index contributed by atoms with van der Waals surface area (Å²) in [7, 11) is 0. The monoisotopic (exact) mass is 283 g/mol. The van der Waals surface area contributed by atoms with Crippen molar-refractivity contribution in [3.63, 3.8) is 0 Å². The van der Waals surface area contributed by atoms with E-state index in [1.54, 1.807) is 0 Å². The molecule has 0 spiro atoms. The van der Waals surface area contributed by atoms with Crippen LogP contribution >= 0.6 is 23.4 Å². The maximum atomic E-state index is 5.94. The Morgan fingerprint density at radius 1 is 1.39 bits per heavy atom. The number of hydrogen-bond donors (Lipinski definition) is 1. The van der Waals surface area contributed by atoms with Gasteiger partial charge in [0.15, 0.2) is 0 Å². The smallest absolute Gasteiger partial charge is 0.0406 e. The first-order valence-corrected chi connectivity index (χ1v) is 8.12. The third-order valence-corrected chi connectivity index (χ3v) is 5.68. The fourth-order valence-electron chi connectivity index (χ4n) is 2.68. The molecule has 0 amide bonds. The molecule has 2 unspecified atom stereocenters. The van der Waals surface area contributed by atoms with Crippen LogP contribution in [-0.4, -0.2) is 23.1 Å². The van der Waals surface area contributed by atoms with Crippen LogP contribution in [0.4, 0.5) is 0 Å². The summed E-state index contributed by atoms with van der Waals surface area (Å²) < 4.78 is 0.385. The maximum Gasteiger partial charge on any atom is 0.0406 e. The molecule has 100 valence electrons. The average Bonchev–Trinajstić information content (AvgIpc) is 2.80. The molecule has 1 saturated heterocycles. The molecule has 1 heterocycles. The zero-order valence-corrected chi connectivity index (χ0v) is 12.8. The van der Waals surface area contributed by atoms with Crippen LogP contribution in [0.1, 0.15) is 32.3 Å². The zero-order valence-electron chi connectivity index (χ0n) is 11.2. The molecule has 0 aromatic heterocycles. The van der Waals surface area contributed by atoms with Crippen LogP contribution in [0.25, 0.3) is 0 Å². The van der Waals surface area contributed by atoms with Gasteiger partial charge in [0.2, 0.25) is 0 Å². The molecule has 0 radical (unpaired) electrons. The van der Waals surface area contributed by atoms with Crippen molar-refractivity contribution in [2.24, 2.45) is 0 Å². The number of thioether (sulfide) groups is 1. The number of nitrogens with one attached hydrogen (secondary N) is 1. The van der Waals surface area contributed by atoms with Crippen molar-refractivity contribution in [1.29, 1.82) is 0 Å². The lowest BCUT2D eigenvalue weighted by Crippen LogP contribution is -2.46. The summed E-state index contributed by atoms with van der Waals surface area (Å²) in [6.07, 6.45) is 3.76. The Morgan fingerprint density at radius 2 is 2.11 bits per heavy atom. The van der Waals surface area contributed by atoms with Crippen molar-refractivity contribution in [2.45, 2.75) is 43.9 Å². The van der Waals surface area contributed by atoms with Gasteiger partial charge in [-0.1, -0.05) is 30.7 Å². The molecule has 1 fully saturated rings. The summed E-state index contributed by atoms with van der Waals surface area (Å²) in [5.41, 5.74) is 1.37. The first-order valence-electron chi connectivity index (χ1n) is 6.76. The molecule has 0 saturated carbocycles. The number of hydrogen-bond acceptors (Lipinski definition) is 2. The second kappa shape index (κ2) is 6.31. The van der Waals surface area contributed by atoms with Crippen LogP contribution < -0.4 is 5.32 Å². The van der Waals surface area contributed by atoms with Crippen LogP contribution in [0.2, 0.25) is 5.02 Å². The fourth-order valence-corrected chi connectivity index (χ4v) is 4.22. The lowest BCUT2D eigenvalue weighted by molar-refractivity contribution is 0.406. The molecule has 18 heavy (non-hydrogen) atoms. The SMILES string of the molecule is CCNC(Cc1ccc(Cl)cc1)C1(C)CCCS1.